The Labute approximate surface area is 210 Å². The molecule has 0 fully saturated rings. The monoisotopic (exact) mass is 498 g/mol. The highest BCUT2D eigenvalue weighted by Crippen LogP contribution is 2.24. The van der Waals surface area contributed by atoms with Crippen LogP contribution in [-0.2, 0) is 29.0 Å². The molecule has 1 atom stereocenters. The second-order valence-electron chi connectivity index (χ2n) is 7.88. The maximum Gasteiger partial charge on any atom is 0.261 e. The summed E-state index contributed by atoms with van der Waals surface area (Å²) >= 11 is 12.3. The first-order valence-corrected chi connectivity index (χ1v) is 11.9. The first-order chi connectivity index (χ1) is 16.4. The maximum atomic E-state index is 13.4. The van der Waals surface area contributed by atoms with Crippen molar-refractivity contribution in [3.63, 3.8) is 0 Å². The molecule has 0 aliphatic rings. The normalized spacial score (nSPS) is 11.5. The second kappa shape index (κ2) is 12.4. The Bertz CT molecular complexity index is 1100. The van der Waals surface area contributed by atoms with E-state index in [1.807, 2.05) is 54.6 Å². The summed E-state index contributed by atoms with van der Waals surface area (Å²) in [7, 11) is 1.56. The Kier molecular flexibility index (Phi) is 9.37. The Hall–Kier alpha value is -3.02. The Morgan fingerprint density at radius 1 is 0.912 bits per heavy atom. The van der Waals surface area contributed by atoms with E-state index in [1.54, 1.807) is 25.2 Å². The van der Waals surface area contributed by atoms with Crippen molar-refractivity contribution in [1.82, 2.24) is 10.2 Å². The third kappa shape index (κ3) is 6.99. The Balaban J connectivity index is 1.87. The van der Waals surface area contributed by atoms with Crippen LogP contribution < -0.4 is 10.1 Å². The van der Waals surface area contributed by atoms with Gasteiger partial charge in [-0.1, -0.05) is 78.7 Å². The molecule has 34 heavy (non-hydrogen) atoms. The van der Waals surface area contributed by atoms with Gasteiger partial charge in [0.2, 0.25) is 5.91 Å². The molecule has 3 aromatic rings. The van der Waals surface area contributed by atoms with E-state index in [9.17, 15) is 9.59 Å². The lowest BCUT2D eigenvalue weighted by Gasteiger charge is -2.31. The Morgan fingerprint density at radius 3 is 2.21 bits per heavy atom. The number of likely N-dealkylation sites (N-methyl/N-ethyl adjacent to an activating group) is 1. The van der Waals surface area contributed by atoms with Crippen LogP contribution in [0.1, 0.15) is 23.6 Å². The molecule has 1 N–H and O–H groups in total. The number of rotatable bonds is 10. The predicted octanol–water partition coefficient (Wildman–Crippen LogP) is 5.32. The number of hydrogen-bond donors (Lipinski definition) is 1. The van der Waals surface area contributed by atoms with Crippen LogP contribution in [0, 0.1) is 0 Å². The largest absolute Gasteiger partial charge is 0.484 e. The maximum absolute atomic E-state index is 13.4. The number of carbonyl (C=O) groups is 2. The molecular weight excluding hydrogens is 471 g/mol. The lowest BCUT2D eigenvalue weighted by molar-refractivity contribution is -0.142. The molecule has 0 aromatic heterocycles. The van der Waals surface area contributed by atoms with Crippen LogP contribution in [0.5, 0.6) is 5.75 Å². The highest BCUT2D eigenvalue weighted by molar-refractivity contribution is 6.42. The molecule has 2 amide bonds. The van der Waals surface area contributed by atoms with Gasteiger partial charge in [-0.3, -0.25) is 9.59 Å². The van der Waals surface area contributed by atoms with E-state index in [-0.39, 0.29) is 25.0 Å². The smallest absolute Gasteiger partial charge is 0.261 e. The summed E-state index contributed by atoms with van der Waals surface area (Å²) in [5.74, 6) is 0.0272. The number of nitrogens with one attached hydrogen (secondary N) is 1. The molecule has 0 spiro atoms. The van der Waals surface area contributed by atoms with Crippen molar-refractivity contribution >= 4 is 35.0 Å². The average Bonchev–Trinajstić information content (AvgIpc) is 2.87. The van der Waals surface area contributed by atoms with Crippen molar-refractivity contribution in [3.8, 4) is 5.75 Å². The molecule has 5 nitrogen and oxygen atoms in total. The minimum absolute atomic E-state index is 0.179. The summed E-state index contributed by atoms with van der Waals surface area (Å²) in [6.45, 7) is 2.06. The zero-order chi connectivity index (χ0) is 24.5. The Morgan fingerprint density at radius 2 is 1.59 bits per heavy atom. The summed E-state index contributed by atoms with van der Waals surface area (Å²) in [5.41, 5.74) is 2.89. The van der Waals surface area contributed by atoms with Gasteiger partial charge >= 0.3 is 0 Å². The van der Waals surface area contributed by atoms with E-state index in [4.69, 9.17) is 27.9 Å². The molecule has 0 bridgehead atoms. The molecule has 0 saturated carbocycles. The third-order valence-corrected chi connectivity index (χ3v) is 6.29. The molecule has 3 aromatic carbocycles. The number of amides is 2. The molecule has 0 aliphatic heterocycles. The quantitative estimate of drug-likeness (QED) is 0.411. The zero-order valence-electron chi connectivity index (χ0n) is 19.3. The van der Waals surface area contributed by atoms with Crippen molar-refractivity contribution < 1.29 is 14.3 Å². The summed E-state index contributed by atoms with van der Waals surface area (Å²) in [4.78, 5) is 27.9. The standard InChI is InChI=1S/C27H28Cl2N2O3/c1-3-19-9-12-22(13-10-19)34-18-26(32)31(17-21-11-14-23(28)24(29)15-21)25(27(33)30-2)16-20-7-5-4-6-8-20/h4-15,25H,3,16-18H2,1-2H3,(H,30,33)/t25-/m1/s1. The summed E-state index contributed by atoms with van der Waals surface area (Å²) in [6.07, 6.45) is 1.28. The number of ether oxygens (including phenoxy) is 1. The van der Waals surface area contributed by atoms with Gasteiger partial charge in [0.25, 0.3) is 5.91 Å². The van der Waals surface area contributed by atoms with Gasteiger partial charge in [-0.25, -0.2) is 0 Å². The number of benzene rings is 3. The van der Waals surface area contributed by atoms with Crippen LogP contribution in [-0.4, -0.2) is 36.4 Å². The minimum atomic E-state index is -0.736. The van der Waals surface area contributed by atoms with Crippen LogP contribution in [0.2, 0.25) is 10.0 Å². The van der Waals surface area contributed by atoms with Crippen molar-refractivity contribution in [1.29, 1.82) is 0 Å². The fourth-order valence-electron chi connectivity index (χ4n) is 3.60. The van der Waals surface area contributed by atoms with Crippen LogP contribution in [0.4, 0.5) is 0 Å². The molecular formula is C27H28Cl2N2O3. The van der Waals surface area contributed by atoms with Crippen LogP contribution in [0.25, 0.3) is 0 Å². The number of aryl methyl sites for hydroxylation is 1. The van der Waals surface area contributed by atoms with Gasteiger partial charge in [0, 0.05) is 20.0 Å². The van der Waals surface area contributed by atoms with Gasteiger partial charge in [0.05, 0.1) is 10.0 Å². The molecule has 7 heteroatoms. The van der Waals surface area contributed by atoms with Crippen LogP contribution >= 0.6 is 23.2 Å². The van der Waals surface area contributed by atoms with E-state index >= 15 is 0 Å². The SMILES string of the molecule is CCc1ccc(OCC(=O)N(Cc2ccc(Cl)c(Cl)c2)[C@H](Cc2ccccc2)C(=O)NC)cc1. The summed E-state index contributed by atoms with van der Waals surface area (Å²) < 4.78 is 5.77. The van der Waals surface area contributed by atoms with Gasteiger partial charge in [-0.15, -0.1) is 0 Å². The minimum Gasteiger partial charge on any atom is -0.484 e. The van der Waals surface area contributed by atoms with Gasteiger partial charge in [0.15, 0.2) is 6.61 Å². The van der Waals surface area contributed by atoms with Crippen LogP contribution in [0.3, 0.4) is 0 Å². The predicted molar refractivity (Wildman–Crippen MR) is 136 cm³/mol. The van der Waals surface area contributed by atoms with E-state index in [1.165, 1.54) is 10.5 Å². The fourth-order valence-corrected chi connectivity index (χ4v) is 3.93. The van der Waals surface area contributed by atoms with Gasteiger partial charge in [0.1, 0.15) is 11.8 Å². The highest BCUT2D eigenvalue weighted by atomic mass is 35.5. The first-order valence-electron chi connectivity index (χ1n) is 11.1. The topological polar surface area (TPSA) is 58.6 Å². The number of carbonyl (C=O) groups excluding carboxylic acids is 2. The number of nitrogens with zero attached hydrogens (tertiary/aromatic N) is 1. The molecule has 178 valence electrons. The first kappa shape index (κ1) is 25.6. The number of halogens is 2. The molecule has 0 heterocycles. The summed E-state index contributed by atoms with van der Waals surface area (Å²) in [6, 6.07) is 21.7. The van der Waals surface area contributed by atoms with Crippen molar-refractivity contribution in [2.24, 2.45) is 0 Å². The van der Waals surface area contributed by atoms with Gasteiger partial charge < -0.3 is 15.0 Å². The molecule has 0 aliphatic carbocycles. The van der Waals surface area contributed by atoms with E-state index in [0.717, 1.165) is 17.5 Å². The number of hydrogen-bond acceptors (Lipinski definition) is 3. The zero-order valence-corrected chi connectivity index (χ0v) is 20.8. The molecule has 0 saturated heterocycles. The molecule has 0 unspecified atom stereocenters. The van der Waals surface area contributed by atoms with E-state index in [2.05, 4.69) is 12.2 Å². The third-order valence-electron chi connectivity index (χ3n) is 5.55. The lowest BCUT2D eigenvalue weighted by Crippen LogP contribution is -2.51. The van der Waals surface area contributed by atoms with Crippen LogP contribution in [0.15, 0.2) is 72.8 Å². The molecule has 0 radical (unpaired) electrons. The second-order valence-corrected chi connectivity index (χ2v) is 8.69. The molecule has 3 rings (SSSR count). The highest BCUT2D eigenvalue weighted by Gasteiger charge is 2.30. The summed E-state index contributed by atoms with van der Waals surface area (Å²) in [5, 5.41) is 3.51. The van der Waals surface area contributed by atoms with Crippen molar-refractivity contribution in [2.75, 3.05) is 13.7 Å². The van der Waals surface area contributed by atoms with Crippen molar-refractivity contribution in [2.45, 2.75) is 32.4 Å². The van der Waals surface area contributed by atoms with Gasteiger partial charge in [-0.05, 0) is 47.4 Å². The fraction of sp³-hybridized carbons (Fsp3) is 0.259. The average molecular weight is 499 g/mol. The van der Waals surface area contributed by atoms with Gasteiger partial charge in [-0.2, -0.15) is 0 Å². The van der Waals surface area contributed by atoms with E-state index in [0.29, 0.717) is 22.2 Å². The lowest BCUT2D eigenvalue weighted by atomic mass is 10.0. The van der Waals surface area contributed by atoms with Crippen molar-refractivity contribution in [3.05, 3.63) is 99.5 Å². The van der Waals surface area contributed by atoms with E-state index < -0.39 is 6.04 Å².